The molecule has 1 aromatic heterocycles. The van der Waals surface area contributed by atoms with E-state index in [1.807, 2.05) is 54.6 Å². The lowest BCUT2D eigenvalue weighted by Crippen LogP contribution is -2.61. The second kappa shape index (κ2) is 23.0. The second-order valence-electron chi connectivity index (χ2n) is 16.3. The van der Waals surface area contributed by atoms with Crippen molar-refractivity contribution in [1.29, 1.82) is 5.41 Å². The van der Waals surface area contributed by atoms with Crippen molar-refractivity contribution >= 4 is 64.6 Å². The molecule has 0 radical (unpaired) electrons. The predicted molar refractivity (Wildman–Crippen MR) is 237 cm³/mol. The van der Waals surface area contributed by atoms with E-state index in [4.69, 9.17) is 16.9 Å². The summed E-state index contributed by atoms with van der Waals surface area (Å²) in [6, 6.07) is 10.9. The number of aromatic amines is 1. The number of imide groups is 1. The number of unbranched alkanes of at least 4 members (excludes halogenated alkanes) is 1. The van der Waals surface area contributed by atoms with E-state index >= 15 is 0 Å². The number of fused-ring (bicyclic) bond motifs is 1. The molecule has 0 unspecified atom stereocenters. The summed E-state index contributed by atoms with van der Waals surface area (Å²) in [6.07, 6.45) is 5.70. The van der Waals surface area contributed by atoms with E-state index in [1.54, 1.807) is 13.2 Å². The molecule has 1 saturated carbocycles. The van der Waals surface area contributed by atoms with Crippen molar-refractivity contribution in [3.05, 3.63) is 71.9 Å². The smallest absolute Gasteiger partial charge is 0.325 e. The van der Waals surface area contributed by atoms with Crippen molar-refractivity contribution in [1.82, 2.24) is 47.1 Å². The summed E-state index contributed by atoms with van der Waals surface area (Å²) in [6.45, 7) is 0.523. The second-order valence-corrected chi connectivity index (χ2v) is 16.3. The van der Waals surface area contributed by atoms with Crippen molar-refractivity contribution < 1.29 is 38.4 Å². The van der Waals surface area contributed by atoms with Crippen molar-refractivity contribution in [2.24, 2.45) is 11.5 Å². The molecule has 0 bridgehead atoms. The average Bonchev–Trinajstić information content (AvgIpc) is 4.00. The van der Waals surface area contributed by atoms with Gasteiger partial charge in [0.1, 0.15) is 30.0 Å². The van der Waals surface area contributed by atoms with E-state index in [-0.39, 0.29) is 51.0 Å². The molecule has 3 aromatic rings. The number of carbonyl (C=O) groups is 8. The number of primary amides is 1. The molecule has 0 spiro atoms. The number of rotatable bonds is 25. The molecule has 1 aliphatic carbocycles. The summed E-state index contributed by atoms with van der Waals surface area (Å²) < 4.78 is 0. The van der Waals surface area contributed by atoms with Crippen molar-refractivity contribution in [3.63, 3.8) is 0 Å². The van der Waals surface area contributed by atoms with Crippen LogP contribution in [0.4, 0.5) is 4.79 Å². The molecule has 64 heavy (non-hydrogen) atoms. The first-order valence-electron chi connectivity index (χ1n) is 21.7. The first kappa shape index (κ1) is 48.2. The predicted octanol–water partition coefficient (Wildman–Crippen LogP) is -0.147. The highest BCUT2D eigenvalue weighted by atomic mass is 16.2. The SMILES string of the molecule is CN[C@@H](CCCNC(=N)N)C(=O)N[C@@H](Cc1c[nH]c2ccccc12)C(=O)N[C@@H](CCCCNC(=O)C[C@@H]1NC(=O)N(C2(C(=O)N[C@@H](C=O)Cc3ccccc3)CCCC2)C1=O)C(N)=O. The van der Waals surface area contributed by atoms with Gasteiger partial charge in [0.05, 0.1) is 18.5 Å². The summed E-state index contributed by atoms with van der Waals surface area (Å²) in [5, 5.41) is 27.4. The third-order valence-electron chi connectivity index (χ3n) is 11.8. The summed E-state index contributed by atoms with van der Waals surface area (Å²) in [5.74, 6) is -3.85. The molecule has 20 heteroatoms. The van der Waals surface area contributed by atoms with Crippen molar-refractivity contribution in [2.75, 3.05) is 20.1 Å². The Bertz CT molecular complexity index is 2160. The Morgan fingerprint density at radius 2 is 1.50 bits per heavy atom. The fourth-order valence-corrected chi connectivity index (χ4v) is 8.35. The van der Waals surface area contributed by atoms with Crippen LogP contribution in [0, 0.1) is 5.41 Å². The van der Waals surface area contributed by atoms with Gasteiger partial charge in [-0.15, -0.1) is 0 Å². The average molecular weight is 885 g/mol. The van der Waals surface area contributed by atoms with Gasteiger partial charge in [0, 0.05) is 36.6 Å². The van der Waals surface area contributed by atoms with Crippen molar-refractivity contribution in [2.45, 2.75) is 113 Å². The van der Waals surface area contributed by atoms with Crippen LogP contribution in [0.2, 0.25) is 0 Å². The molecule has 344 valence electrons. The van der Waals surface area contributed by atoms with Crippen molar-refractivity contribution in [3.8, 4) is 0 Å². The molecular formula is C44H60N12O8. The number of carbonyl (C=O) groups excluding carboxylic acids is 8. The minimum Gasteiger partial charge on any atom is -0.370 e. The number of aldehydes is 1. The fraction of sp³-hybridized carbons (Fsp3) is 0.477. The Morgan fingerprint density at radius 3 is 2.19 bits per heavy atom. The maximum absolute atomic E-state index is 13.8. The number of amides is 8. The van der Waals surface area contributed by atoms with Crippen LogP contribution in [0.5, 0.6) is 0 Å². The highest BCUT2D eigenvalue weighted by Crippen LogP contribution is 2.38. The number of nitrogens with zero attached hydrogens (tertiary/aromatic N) is 1. The molecule has 2 fully saturated rings. The van der Waals surface area contributed by atoms with Crippen LogP contribution < -0.4 is 48.7 Å². The van der Waals surface area contributed by atoms with E-state index in [2.05, 4.69) is 42.2 Å². The zero-order chi connectivity index (χ0) is 46.2. The van der Waals surface area contributed by atoms with Gasteiger partial charge in [-0.2, -0.15) is 0 Å². The molecule has 1 saturated heterocycles. The van der Waals surface area contributed by atoms with Gasteiger partial charge < -0.3 is 58.5 Å². The largest absolute Gasteiger partial charge is 0.370 e. The number of nitrogens with two attached hydrogens (primary N) is 2. The lowest BCUT2D eigenvalue weighted by atomic mass is 9.92. The number of hydrogen-bond acceptors (Lipinski definition) is 10. The number of nitrogens with one attached hydrogen (secondary N) is 9. The molecule has 13 N–H and O–H groups in total. The van der Waals surface area contributed by atoms with E-state index in [9.17, 15) is 38.4 Å². The first-order chi connectivity index (χ1) is 30.8. The van der Waals surface area contributed by atoms with Crippen LogP contribution in [-0.2, 0) is 46.4 Å². The Hall–Kier alpha value is -6.83. The number of aromatic nitrogens is 1. The number of likely N-dealkylation sites (N-methyl/N-ethyl adjacent to an activating group) is 1. The highest BCUT2D eigenvalue weighted by molar-refractivity contribution is 6.10. The standard InChI is InChI=1S/C44H60N12O8/c1-48-33(17-11-21-50-42(46)47)38(60)54-34(23-28-25-51-31-15-6-5-14-30(28)31)39(61)53-32(37(45)59)16-7-10-20-49-36(58)24-35-40(62)56(43(64)55-35)44(18-8-9-19-44)41(63)52-29(26-57)22-27-12-3-2-4-13-27/h2-6,12-15,25-26,29,32-35,48,51H,7-11,16-24H2,1H3,(H2,45,59)(H,49,58)(H,52,63)(H,53,61)(H,54,60)(H,55,64)(H4,46,47,50)/t29-,32+,33+,34+,35+/m1/s1. The Labute approximate surface area is 371 Å². The number of hydrogen-bond donors (Lipinski definition) is 11. The van der Waals surface area contributed by atoms with E-state index < -0.39 is 77.2 Å². The number of para-hydroxylation sites is 1. The number of H-pyrrole nitrogens is 1. The number of urea groups is 1. The minimum atomic E-state index is -1.50. The number of guanidine groups is 1. The summed E-state index contributed by atoms with van der Waals surface area (Å²) >= 11 is 0. The van der Waals surface area contributed by atoms with Crippen LogP contribution in [0.3, 0.4) is 0 Å². The summed E-state index contributed by atoms with van der Waals surface area (Å²) in [7, 11) is 1.62. The van der Waals surface area contributed by atoms with Gasteiger partial charge in [-0.3, -0.25) is 34.2 Å². The van der Waals surface area contributed by atoms with Crippen LogP contribution in [0.15, 0.2) is 60.8 Å². The third kappa shape index (κ3) is 12.6. The van der Waals surface area contributed by atoms with Crippen LogP contribution >= 0.6 is 0 Å². The van der Waals surface area contributed by atoms with E-state index in [1.165, 1.54) is 0 Å². The monoisotopic (exact) mass is 884 g/mol. The summed E-state index contributed by atoms with van der Waals surface area (Å²) in [4.78, 5) is 110. The third-order valence-corrected chi connectivity index (χ3v) is 11.8. The lowest BCUT2D eigenvalue weighted by Gasteiger charge is -2.35. The highest BCUT2D eigenvalue weighted by Gasteiger charge is 2.56. The lowest BCUT2D eigenvalue weighted by molar-refractivity contribution is -0.143. The van der Waals surface area contributed by atoms with Gasteiger partial charge >= 0.3 is 6.03 Å². The van der Waals surface area contributed by atoms with Gasteiger partial charge in [0.25, 0.3) is 5.91 Å². The van der Waals surface area contributed by atoms with Crippen LogP contribution in [-0.4, -0.2) is 119 Å². The van der Waals surface area contributed by atoms with Crippen LogP contribution in [0.25, 0.3) is 10.9 Å². The molecular weight excluding hydrogens is 825 g/mol. The van der Waals surface area contributed by atoms with Gasteiger partial charge in [0.15, 0.2) is 5.96 Å². The van der Waals surface area contributed by atoms with Gasteiger partial charge in [-0.1, -0.05) is 61.4 Å². The minimum absolute atomic E-state index is 0.104. The van der Waals surface area contributed by atoms with Gasteiger partial charge in [-0.05, 0) is 75.6 Å². The fourth-order valence-electron chi connectivity index (χ4n) is 8.35. The zero-order valence-corrected chi connectivity index (χ0v) is 36.0. The Morgan fingerprint density at radius 1 is 0.844 bits per heavy atom. The van der Waals surface area contributed by atoms with E-state index in [0.29, 0.717) is 51.4 Å². The normalized spacial score (nSPS) is 17.4. The Kier molecular flexibility index (Phi) is 17.3. The molecule has 1 aliphatic heterocycles. The van der Waals surface area contributed by atoms with Crippen LogP contribution in [0.1, 0.15) is 75.3 Å². The molecule has 2 heterocycles. The first-order valence-corrected chi connectivity index (χ1v) is 21.7. The molecule has 5 atom stereocenters. The molecule has 20 nitrogen and oxygen atoms in total. The molecule has 8 amide bonds. The van der Waals surface area contributed by atoms with E-state index in [0.717, 1.165) is 26.9 Å². The van der Waals surface area contributed by atoms with Gasteiger partial charge in [-0.25, -0.2) is 9.69 Å². The molecule has 5 rings (SSSR count). The number of benzene rings is 2. The topological polar surface area (TPSA) is 316 Å². The maximum atomic E-state index is 13.8. The molecule has 2 aliphatic rings. The molecule has 2 aromatic carbocycles. The van der Waals surface area contributed by atoms with Gasteiger partial charge in [0.2, 0.25) is 29.5 Å². The summed E-state index contributed by atoms with van der Waals surface area (Å²) in [5.41, 5.74) is 12.0. The zero-order valence-electron chi connectivity index (χ0n) is 36.0. The maximum Gasteiger partial charge on any atom is 0.325 e. The quantitative estimate of drug-likeness (QED) is 0.0175. The Balaban J connectivity index is 1.12.